The van der Waals surface area contributed by atoms with Crippen LogP contribution in [0.15, 0.2) is 24.3 Å². The molecule has 1 heterocycles. The van der Waals surface area contributed by atoms with Gasteiger partial charge in [0.2, 0.25) is 0 Å². The quantitative estimate of drug-likeness (QED) is 0.708. The van der Waals surface area contributed by atoms with E-state index in [9.17, 15) is 0 Å². The Morgan fingerprint density at radius 2 is 1.36 bits per heavy atom. The van der Waals surface area contributed by atoms with Crippen LogP contribution in [-0.2, 0) is 0 Å². The number of ether oxygens (including phenoxy) is 2. The van der Waals surface area contributed by atoms with Crippen LogP contribution >= 0.6 is 0 Å². The first-order chi connectivity index (χ1) is 6.85. The van der Waals surface area contributed by atoms with Crippen LogP contribution in [0.1, 0.15) is 0 Å². The van der Waals surface area contributed by atoms with Gasteiger partial charge in [0.1, 0.15) is 0 Å². The molecule has 4 heteroatoms. The van der Waals surface area contributed by atoms with Crippen LogP contribution in [-0.4, -0.2) is 35.6 Å². The van der Waals surface area contributed by atoms with Gasteiger partial charge < -0.3 is 19.7 Å². The van der Waals surface area contributed by atoms with Gasteiger partial charge in [-0.3, -0.25) is 0 Å². The molecule has 0 radical (unpaired) electrons. The zero-order valence-corrected chi connectivity index (χ0v) is 7.59. The minimum absolute atomic E-state index is 0.167. The Bertz CT molecular complexity index is 282. The normalized spacial score (nSPS) is 24.7. The molecule has 14 heavy (non-hydrogen) atoms. The predicted molar refractivity (Wildman–Crippen MR) is 49.4 cm³/mol. The minimum Gasteiger partial charge on any atom is -0.480 e. The van der Waals surface area contributed by atoms with Crippen molar-refractivity contribution in [2.45, 2.75) is 12.2 Å². The van der Waals surface area contributed by atoms with Gasteiger partial charge in [-0.1, -0.05) is 12.1 Å². The summed E-state index contributed by atoms with van der Waals surface area (Å²) in [5.41, 5.74) is 0. The molecule has 0 spiro atoms. The molecule has 0 bridgehead atoms. The van der Waals surface area contributed by atoms with Gasteiger partial charge in [-0.2, -0.15) is 0 Å². The Morgan fingerprint density at radius 3 is 1.71 bits per heavy atom. The average molecular weight is 196 g/mol. The first kappa shape index (κ1) is 9.30. The van der Waals surface area contributed by atoms with E-state index < -0.39 is 12.2 Å². The Balaban J connectivity index is 2.25. The SMILES string of the molecule is OC[C@@H]1Oc2ccccc2O[C@@H]1CO. The van der Waals surface area contributed by atoms with Crippen molar-refractivity contribution in [2.24, 2.45) is 0 Å². The van der Waals surface area contributed by atoms with Crippen molar-refractivity contribution < 1.29 is 19.7 Å². The molecule has 0 aliphatic carbocycles. The maximum absolute atomic E-state index is 9.00. The molecule has 1 aromatic carbocycles. The highest BCUT2D eigenvalue weighted by Gasteiger charge is 2.30. The monoisotopic (exact) mass is 196 g/mol. The van der Waals surface area contributed by atoms with Gasteiger partial charge in [0.25, 0.3) is 0 Å². The third-order valence-electron chi connectivity index (χ3n) is 2.18. The largest absolute Gasteiger partial charge is 0.480 e. The molecular weight excluding hydrogens is 184 g/mol. The fourth-order valence-corrected chi connectivity index (χ4v) is 1.43. The Kier molecular flexibility index (Phi) is 2.56. The molecule has 2 N–H and O–H groups in total. The summed E-state index contributed by atoms with van der Waals surface area (Å²) in [4.78, 5) is 0. The van der Waals surface area contributed by atoms with Gasteiger partial charge in [-0.05, 0) is 12.1 Å². The van der Waals surface area contributed by atoms with Gasteiger partial charge in [0.15, 0.2) is 23.7 Å². The molecule has 76 valence electrons. The maximum Gasteiger partial charge on any atom is 0.161 e. The second-order valence-corrected chi connectivity index (χ2v) is 3.12. The van der Waals surface area contributed by atoms with Crippen LogP contribution in [0.5, 0.6) is 11.5 Å². The summed E-state index contributed by atoms with van der Waals surface area (Å²) in [7, 11) is 0. The lowest BCUT2D eigenvalue weighted by atomic mass is 10.2. The van der Waals surface area contributed by atoms with E-state index in [2.05, 4.69) is 0 Å². The molecule has 2 rings (SSSR count). The highest BCUT2D eigenvalue weighted by atomic mass is 16.6. The van der Waals surface area contributed by atoms with E-state index in [1.165, 1.54) is 0 Å². The zero-order valence-electron chi connectivity index (χ0n) is 7.59. The molecule has 2 atom stereocenters. The van der Waals surface area contributed by atoms with E-state index in [1.54, 1.807) is 12.1 Å². The number of rotatable bonds is 2. The molecule has 0 aromatic heterocycles. The minimum atomic E-state index is -0.491. The number of para-hydroxylation sites is 2. The van der Waals surface area contributed by atoms with E-state index in [4.69, 9.17) is 19.7 Å². The van der Waals surface area contributed by atoms with Crippen molar-refractivity contribution in [2.75, 3.05) is 13.2 Å². The summed E-state index contributed by atoms with van der Waals surface area (Å²) in [5.74, 6) is 1.22. The average Bonchev–Trinajstić information content (AvgIpc) is 2.27. The zero-order chi connectivity index (χ0) is 9.97. The molecule has 1 aliphatic heterocycles. The summed E-state index contributed by atoms with van der Waals surface area (Å²) in [6.45, 7) is -0.334. The number of aliphatic hydroxyl groups is 2. The number of fused-ring (bicyclic) bond motifs is 1. The van der Waals surface area contributed by atoms with Crippen LogP contribution in [0.4, 0.5) is 0 Å². The van der Waals surface area contributed by atoms with Crippen LogP contribution < -0.4 is 9.47 Å². The van der Waals surface area contributed by atoms with Gasteiger partial charge in [-0.25, -0.2) is 0 Å². The Hall–Kier alpha value is -1.26. The summed E-state index contributed by atoms with van der Waals surface area (Å²) in [5, 5.41) is 18.0. The molecule has 0 saturated carbocycles. The first-order valence-corrected chi connectivity index (χ1v) is 4.49. The van der Waals surface area contributed by atoms with E-state index in [-0.39, 0.29) is 13.2 Å². The molecule has 1 aliphatic rings. The van der Waals surface area contributed by atoms with Crippen LogP contribution in [0, 0.1) is 0 Å². The summed E-state index contributed by atoms with van der Waals surface area (Å²) >= 11 is 0. The fraction of sp³-hybridized carbons (Fsp3) is 0.400. The van der Waals surface area contributed by atoms with Crippen molar-refractivity contribution in [3.05, 3.63) is 24.3 Å². The number of aliphatic hydroxyl groups excluding tert-OH is 2. The van der Waals surface area contributed by atoms with Crippen molar-refractivity contribution >= 4 is 0 Å². The number of hydrogen-bond donors (Lipinski definition) is 2. The molecule has 0 saturated heterocycles. The first-order valence-electron chi connectivity index (χ1n) is 4.49. The highest BCUT2D eigenvalue weighted by Crippen LogP contribution is 2.33. The molecule has 0 amide bonds. The summed E-state index contributed by atoms with van der Waals surface area (Å²) in [6, 6.07) is 7.20. The van der Waals surface area contributed by atoms with Gasteiger partial charge in [0, 0.05) is 0 Å². The van der Waals surface area contributed by atoms with E-state index in [0.717, 1.165) is 0 Å². The predicted octanol–water partition coefficient (Wildman–Crippen LogP) is 0.180. The molecule has 4 nitrogen and oxygen atoms in total. The molecule has 0 fully saturated rings. The van der Waals surface area contributed by atoms with Crippen molar-refractivity contribution in [3.8, 4) is 11.5 Å². The van der Waals surface area contributed by atoms with Gasteiger partial charge >= 0.3 is 0 Å². The van der Waals surface area contributed by atoms with E-state index >= 15 is 0 Å². The van der Waals surface area contributed by atoms with Crippen molar-refractivity contribution in [1.29, 1.82) is 0 Å². The lowest BCUT2D eigenvalue weighted by Crippen LogP contribution is -2.44. The Labute approximate surface area is 81.7 Å². The van der Waals surface area contributed by atoms with E-state index in [0.29, 0.717) is 11.5 Å². The van der Waals surface area contributed by atoms with Crippen LogP contribution in [0.25, 0.3) is 0 Å². The fourth-order valence-electron chi connectivity index (χ4n) is 1.43. The number of hydrogen-bond acceptors (Lipinski definition) is 4. The lowest BCUT2D eigenvalue weighted by Gasteiger charge is -2.31. The second-order valence-electron chi connectivity index (χ2n) is 3.12. The molecule has 1 aromatic rings. The second kappa shape index (κ2) is 3.86. The smallest absolute Gasteiger partial charge is 0.161 e. The van der Waals surface area contributed by atoms with E-state index in [1.807, 2.05) is 12.1 Å². The standard InChI is InChI=1S/C10H12O4/c11-5-9-10(6-12)14-8-4-2-1-3-7(8)13-9/h1-4,9-12H,5-6H2/t9-,10+. The van der Waals surface area contributed by atoms with Crippen molar-refractivity contribution in [3.63, 3.8) is 0 Å². The third kappa shape index (κ3) is 1.54. The van der Waals surface area contributed by atoms with Crippen molar-refractivity contribution in [1.82, 2.24) is 0 Å². The molecular formula is C10H12O4. The van der Waals surface area contributed by atoms with Gasteiger partial charge in [0.05, 0.1) is 13.2 Å². The maximum atomic E-state index is 9.00. The molecule has 0 unspecified atom stereocenters. The topological polar surface area (TPSA) is 58.9 Å². The van der Waals surface area contributed by atoms with Crippen LogP contribution in [0.3, 0.4) is 0 Å². The third-order valence-corrected chi connectivity index (χ3v) is 2.18. The Morgan fingerprint density at radius 1 is 0.929 bits per heavy atom. The van der Waals surface area contributed by atoms with Crippen LogP contribution in [0.2, 0.25) is 0 Å². The number of benzene rings is 1. The highest BCUT2D eigenvalue weighted by molar-refractivity contribution is 5.41. The summed E-state index contributed by atoms with van der Waals surface area (Å²) in [6.07, 6.45) is -0.982. The lowest BCUT2D eigenvalue weighted by molar-refractivity contribution is -0.0350. The summed E-state index contributed by atoms with van der Waals surface area (Å²) < 4.78 is 10.9. The van der Waals surface area contributed by atoms with Gasteiger partial charge in [-0.15, -0.1) is 0 Å².